The summed E-state index contributed by atoms with van der Waals surface area (Å²) >= 11 is 0. The first-order chi connectivity index (χ1) is 6.35. The summed E-state index contributed by atoms with van der Waals surface area (Å²) in [4.78, 5) is 22.2. The van der Waals surface area contributed by atoms with Crippen LogP contribution in [0.5, 0.6) is 0 Å². The predicted octanol–water partition coefficient (Wildman–Crippen LogP) is -0.0362. The van der Waals surface area contributed by atoms with Crippen LogP contribution in [0.25, 0.3) is 0 Å². The predicted molar refractivity (Wildman–Crippen MR) is 53.0 cm³/mol. The summed E-state index contributed by atoms with van der Waals surface area (Å²) in [5, 5.41) is 14.0. The number of rotatable bonds is 5. The van der Waals surface area contributed by atoms with Crippen LogP contribution in [0.1, 0.15) is 27.2 Å². The Labute approximate surface area is 83.9 Å². The lowest BCUT2D eigenvalue weighted by Crippen LogP contribution is -2.55. The number of aliphatic carboxylic acids is 1. The molecule has 14 heavy (non-hydrogen) atoms. The Hall–Kier alpha value is -1.10. The fraction of sp³-hybridized carbons (Fsp3) is 0.778. The molecule has 0 spiro atoms. The average molecular weight is 202 g/mol. The topological polar surface area (TPSA) is 78.4 Å². The molecule has 0 saturated heterocycles. The summed E-state index contributed by atoms with van der Waals surface area (Å²) in [7, 11) is 1.65. The van der Waals surface area contributed by atoms with Crippen LogP contribution in [0.15, 0.2) is 0 Å². The van der Waals surface area contributed by atoms with Crippen molar-refractivity contribution in [3.8, 4) is 0 Å². The molecule has 5 nitrogen and oxygen atoms in total. The molecular formula is C9H18N2O3. The van der Waals surface area contributed by atoms with Crippen LogP contribution in [-0.2, 0) is 9.59 Å². The van der Waals surface area contributed by atoms with Crippen LogP contribution in [0, 0.1) is 0 Å². The van der Waals surface area contributed by atoms with E-state index in [-0.39, 0.29) is 5.91 Å². The van der Waals surface area contributed by atoms with Gasteiger partial charge < -0.3 is 15.7 Å². The zero-order chi connectivity index (χ0) is 11.4. The number of nitrogens with one attached hydrogen (secondary N) is 2. The van der Waals surface area contributed by atoms with Gasteiger partial charge in [0.1, 0.15) is 6.04 Å². The maximum absolute atomic E-state index is 11.5. The van der Waals surface area contributed by atoms with E-state index in [4.69, 9.17) is 5.11 Å². The number of amides is 1. The molecule has 0 bridgehead atoms. The van der Waals surface area contributed by atoms with Crippen molar-refractivity contribution < 1.29 is 14.7 Å². The van der Waals surface area contributed by atoms with Gasteiger partial charge in [0.05, 0.1) is 5.54 Å². The molecule has 1 amide bonds. The van der Waals surface area contributed by atoms with Gasteiger partial charge >= 0.3 is 5.97 Å². The lowest BCUT2D eigenvalue weighted by atomic mass is 10.0. The third kappa shape index (κ3) is 3.33. The van der Waals surface area contributed by atoms with Crippen LogP contribution in [0.2, 0.25) is 0 Å². The van der Waals surface area contributed by atoms with Crippen molar-refractivity contribution in [2.75, 3.05) is 7.05 Å². The second-order valence-electron chi connectivity index (χ2n) is 3.65. The minimum Gasteiger partial charge on any atom is -0.480 e. The molecule has 82 valence electrons. The maximum atomic E-state index is 11.5. The SMILES string of the molecule is CC[C@H](NC(=O)C(C)(C)NC)C(=O)O. The molecule has 0 rings (SSSR count). The lowest BCUT2D eigenvalue weighted by molar-refractivity contribution is -0.142. The summed E-state index contributed by atoms with van der Waals surface area (Å²) in [5.41, 5.74) is -0.747. The van der Waals surface area contributed by atoms with E-state index in [1.54, 1.807) is 27.8 Å². The fourth-order valence-electron chi connectivity index (χ4n) is 0.791. The number of carboxylic acid groups (broad SMARTS) is 1. The zero-order valence-corrected chi connectivity index (χ0v) is 9.05. The highest BCUT2D eigenvalue weighted by Gasteiger charge is 2.28. The molecule has 0 aliphatic carbocycles. The van der Waals surface area contributed by atoms with Crippen LogP contribution in [-0.4, -0.2) is 35.6 Å². The number of carbonyl (C=O) groups is 2. The molecule has 0 unspecified atom stereocenters. The van der Waals surface area contributed by atoms with Crippen molar-refractivity contribution in [2.24, 2.45) is 0 Å². The number of carbonyl (C=O) groups excluding carboxylic acids is 1. The van der Waals surface area contributed by atoms with E-state index in [0.717, 1.165) is 0 Å². The zero-order valence-electron chi connectivity index (χ0n) is 9.05. The molecule has 3 N–H and O–H groups in total. The smallest absolute Gasteiger partial charge is 0.326 e. The van der Waals surface area contributed by atoms with E-state index < -0.39 is 17.6 Å². The van der Waals surface area contributed by atoms with Gasteiger partial charge in [-0.15, -0.1) is 0 Å². The minimum absolute atomic E-state index is 0.311. The van der Waals surface area contributed by atoms with Crippen molar-refractivity contribution in [1.82, 2.24) is 10.6 Å². The molecule has 0 aromatic carbocycles. The first-order valence-corrected chi connectivity index (χ1v) is 4.57. The van der Waals surface area contributed by atoms with E-state index in [9.17, 15) is 9.59 Å². The van der Waals surface area contributed by atoms with Crippen LogP contribution in [0.4, 0.5) is 0 Å². The van der Waals surface area contributed by atoms with Gasteiger partial charge in [-0.25, -0.2) is 4.79 Å². The van der Waals surface area contributed by atoms with E-state index in [1.165, 1.54) is 0 Å². The van der Waals surface area contributed by atoms with E-state index in [1.807, 2.05) is 0 Å². The molecule has 0 aromatic rings. The fourth-order valence-corrected chi connectivity index (χ4v) is 0.791. The first kappa shape index (κ1) is 12.9. The molecule has 0 heterocycles. The second-order valence-corrected chi connectivity index (χ2v) is 3.65. The molecule has 0 aliphatic heterocycles. The van der Waals surface area contributed by atoms with E-state index >= 15 is 0 Å². The summed E-state index contributed by atoms with van der Waals surface area (Å²) in [6.07, 6.45) is 0.376. The number of hydrogen-bond acceptors (Lipinski definition) is 3. The summed E-state index contributed by atoms with van der Waals surface area (Å²) < 4.78 is 0. The summed E-state index contributed by atoms with van der Waals surface area (Å²) in [5.74, 6) is -1.32. The van der Waals surface area contributed by atoms with Gasteiger partial charge in [-0.1, -0.05) is 6.92 Å². The molecular weight excluding hydrogens is 184 g/mol. The summed E-state index contributed by atoms with van der Waals surface area (Å²) in [6.45, 7) is 5.10. The Balaban J connectivity index is 4.37. The first-order valence-electron chi connectivity index (χ1n) is 4.57. The van der Waals surface area contributed by atoms with Crippen LogP contribution < -0.4 is 10.6 Å². The van der Waals surface area contributed by atoms with Gasteiger partial charge in [-0.3, -0.25) is 4.79 Å². The Morgan fingerprint density at radius 1 is 1.43 bits per heavy atom. The highest BCUT2D eigenvalue weighted by molar-refractivity contribution is 5.89. The molecule has 0 aliphatic rings. The molecule has 0 radical (unpaired) electrons. The van der Waals surface area contributed by atoms with Gasteiger partial charge in [0.2, 0.25) is 5.91 Å². The van der Waals surface area contributed by atoms with Crippen molar-refractivity contribution in [1.29, 1.82) is 0 Å². The number of carboxylic acids is 1. The quantitative estimate of drug-likeness (QED) is 0.584. The second kappa shape index (κ2) is 4.95. The van der Waals surface area contributed by atoms with Gasteiger partial charge in [-0.05, 0) is 27.3 Å². The Morgan fingerprint density at radius 2 is 1.93 bits per heavy atom. The number of likely N-dealkylation sites (N-methyl/N-ethyl adjacent to an activating group) is 1. The Morgan fingerprint density at radius 3 is 2.21 bits per heavy atom. The summed E-state index contributed by atoms with van der Waals surface area (Å²) in [6, 6.07) is -0.810. The minimum atomic E-state index is -1.01. The van der Waals surface area contributed by atoms with Crippen molar-refractivity contribution in [3.05, 3.63) is 0 Å². The molecule has 5 heteroatoms. The van der Waals surface area contributed by atoms with Crippen molar-refractivity contribution in [3.63, 3.8) is 0 Å². The molecule has 0 fully saturated rings. The highest BCUT2D eigenvalue weighted by Crippen LogP contribution is 2.02. The van der Waals surface area contributed by atoms with Gasteiger partial charge in [-0.2, -0.15) is 0 Å². The molecule has 0 aromatic heterocycles. The Kier molecular flexibility index (Phi) is 4.56. The standard InChI is InChI=1S/C9H18N2O3/c1-5-6(7(12)13)11-8(14)9(2,3)10-4/h6,10H,5H2,1-4H3,(H,11,14)(H,12,13)/t6-/m0/s1. The van der Waals surface area contributed by atoms with Gasteiger partial charge in [0, 0.05) is 0 Å². The van der Waals surface area contributed by atoms with Crippen LogP contribution in [0.3, 0.4) is 0 Å². The number of hydrogen-bond donors (Lipinski definition) is 3. The van der Waals surface area contributed by atoms with E-state index in [2.05, 4.69) is 10.6 Å². The third-order valence-electron chi connectivity index (χ3n) is 2.20. The van der Waals surface area contributed by atoms with Gasteiger partial charge in [0.15, 0.2) is 0 Å². The maximum Gasteiger partial charge on any atom is 0.326 e. The Bertz CT molecular complexity index is 226. The van der Waals surface area contributed by atoms with E-state index in [0.29, 0.717) is 6.42 Å². The highest BCUT2D eigenvalue weighted by atomic mass is 16.4. The van der Waals surface area contributed by atoms with Crippen molar-refractivity contribution >= 4 is 11.9 Å². The van der Waals surface area contributed by atoms with Crippen LogP contribution >= 0.6 is 0 Å². The lowest BCUT2D eigenvalue weighted by Gasteiger charge is -2.24. The third-order valence-corrected chi connectivity index (χ3v) is 2.20. The van der Waals surface area contributed by atoms with Crippen molar-refractivity contribution in [2.45, 2.75) is 38.8 Å². The monoisotopic (exact) mass is 202 g/mol. The largest absolute Gasteiger partial charge is 0.480 e. The average Bonchev–Trinajstić information content (AvgIpc) is 2.12. The molecule has 0 saturated carbocycles. The normalized spacial score (nSPS) is 13.4. The van der Waals surface area contributed by atoms with Gasteiger partial charge in [0.25, 0.3) is 0 Å². The molecule has 1 atom stereocenters.